The van der Waals surface area contributed by atoms with Gasteiger partial charge in [0.25, 0.3) is 0 Å². The van der Waals surface area contributed by atoms with Crippen LogP contribution in [-0.4, -0.2) is 11.5 Å². The number of hydrogen-bond donors (Lipinski definition) is 1. The summed E-state index contributed by atoms with van der Waals surface area (Å²) in [5.74, 6) is 0.0133. The highest BCUT2D eigenvalue weighted by molar-refractivity contribution is 6.28. The third kappa shape index (κ3) is 0.896. The Hall–Kier alpha value is -1.66. The monoisotopic (exact) mass is 144 g/mol. The van der Waals surface area contributed by atoms with E-state index in [2.05, 4.69) is 10.7 Å². The normalized spacial score (nSPS) is 19.5. The number of carbonyl (C=O) groups is 1. The van der Waals surface area contributed by atoms with E-state index in [0.717, 1.165) is 5.71 Å². The molecule has 2 heteroatoms. The lowest BCUT2D eigenvalue weighted by molar-refractivity contribution is -0.371. The second-order valence-corrected chi connectivity index (χ2v) is 2.30. The zero-order chi connectivity index (χ0) is 7.68. The fourth-order valence-electron chi connectivity index (χ4n) is 1.05. The van der Waals surface area contributed by atoms with Crippen LogP contribution in [0.15, 0.2) is 41.8 Å². The second kappa shape index (κ2) is 2.19. The van der Waals surface area contributed by atoms with E-state index in [1.165, 1.54) is 6.08 Å². The molecule has 0 amide bonds. The van der Waals surface area contributed by atoms with Crippen LogP contribution in [-0.2, 0) is 4.79 Å². The Kier molecular flexibility index (Phi) is 1.21. The molecule has 11 heavy (non-hydrogen) atoms. The van der Waals surface area contributed by atoms with Gasteiger partial charge in [0.05, 0.1) is 6.08 Å². The van der Waals surface area contributed by atoms with Gasteiger partial charge < -0.3 is 0 Å². The van der Waals surface area contributed by atoms with E-state index in [1.54, 1.807) is 12.3 Å². The molecule has 0 saturated heterocycles. The molecule has 0 aromatic heterocycles. The summed E-state index contributed by atoms with van der Waals surface area (Å²) >= 11 is 0. The lowest BCUT2D eigenvalue weighted by Crippen LogP contribution is -2.68. The summed E-state index contributed by atoms with van der Waals surface area (Å²) < 4.78 is 0. The molecule has 2 aliphatic rings. The zero-order valence-electron chi connectivity index (χ0n) is 5.79. The molecule has 0 fully saturated rings. The van der Waals surface area contributed by atoms with Crippen LogP contribution in [0.3, 0.4) is 0 Å². The molecule has 52 valence electrons. The quantitative estimate of drug-likeness (QED) is 0.446. The highest BCUT2D eigenvalue weighted by Gasteiger charge is 2.20. The van der Waals surface area contributed by atoms with Crippen LogP contribution in [0.25, 0.3) is 0 Å². The maximum atomic E-state index is 11.1. The lowest BCUT2D eigenvalue weighted by Gasteiger charge is -1.99. The fourth-order valence-corrected chi connectivity index (χ4v) is 1.05. The summed E-state index contributed by atoms with van der Waals surface area (Å²) in [6.07, 6.45) is 8.57. The Bertz CT molecular complexity index is 363. The van der Waals surface area contributed by atoms with Crippen LogP contribution in [0.5, 0.6) is 0 Å². The third-order valence-electron chi connectivity index (χ3n) is 1.58. The minimum Gasteiger partial charge on any atom is -0.288 e. The van der Waals surface area contributed by atoms with Crippen LogP contribution in [0.1, 0.15) is 0 Å². The van der Waals surface area contributed by atoms with Crippen molar-refractivity contribution >= 4 is 11.5 Å². The van der Waals surface area contributed by atoms with E-state index in [1.807, 2.05) is 12.2 Å². The number of carbonyl (C=O) groups excluding carboxylic acids is 1. The van der Waals surface area contributed by atoms with Crippen molar-refractivity contribution in [1.29, 1.82) is 0 Å². The van der Waals surface area contributed by atoms with E-state index in [-0.39, 0.29) is 5.78 Å². The van der Waals surface area contributed by atoms with E-state index in [9.17, 15) is 4.79 Å². The first-order valence-electron chi connectivity index (χ1n) is 3.36. The predicted molar refractivity (Wildman–Crippen MR) is 40.9 cm³/mol. The molecule has 1 aliphatic carbocycles. The minimum absolute atomic E-state index is 0.0133. The number of ketones is 1. The Morgan fingerprint density at radius 1 is 1.36 bits per heavy atom. The maximum Gasteiger partial charge on any atom is 0.222 e. The molecular formula is C9H6NO+. The van der Waals surface area contributed by atoms with Crippen LogP contribution < -0.4 is 4.99 Å². The zero-order valence-corrected chi connectivity index (χ0v) is 5.79. The van der Waals surface area contributed by atoms with Crippen molar-refractivity contribution in [1.82, 2.24) is 0 Å². The van der Waals surface area contributed by atoms with Crippen molar-refractivity contribution in [3.63, 3.8) is 0 Å². The van der Waals surface area contributed by atoms with Crippen LogP contribution >= 0.6 is 0 Å². The topological polar surface area (TPSA) is 31.0 Å². The van der Waals surface area contributed by atoms with Gasteiger partial charge in [0.15, 0.2) is 6.20 Å². The van der Waals surface area contributed by atoms with E-state index in [4.69, 9.17) is 0 Å². The molecule has 2 nitrogen and oxygen atoms in total. The molecule has 1 N–H and O–H groups in total. The van der Waals surface area contributed by atoms with Crippen LogP contribution in [0.2, 0.25) is 0 Å². The summed E-state index contributed by atoms with van der Waals surface area (Å²) in [6, 6.07) is 0. The van der Waals surface area contributed by atoms with Crippen molar-refractivity contribution in [2.24, 2.45) is 0 Å². The standard InChI is InChI=1S/C9H5NO/c11-9-5-6-10-8-4-2-1-3-7(8)9/h1-2,4-6H/p+1. The summed E-state index contributed by atoms with van der Waals surface area (Å²) in [5.41, 5.74) is 4.33. The highest BCUT2D eigenvalue weighted by atomic mass is 16.1. The molecule has 0 radical (unpaired) electrons. The molecule has 0 unspecified atom stereocenters. The van der Waals surface area contributed by atoms with Gasteiger partial charge >= 0.3 is 0 Å². The van der Waals surface area contributed by atoms with E-state index in [0.29, 0.717) is 5.57 Å². The van der Waals surface area contributed by atoms with Crippen molar-refractivity contribution < 1.29 is 9.79 Å². The molecule has 1 heterocycles. The van der Waals surface area contributed by atoms with E-state index < -0.39 is 0 Å². The Labute approximate surface area is 63.9 Å². The number of fused-ring (bicyclic) bond motifs is 1. The Morgan fingerprint density at radius 3 is 3.09 bits per heavy atom. The van der Waals surface area contributed by atoms with Gasteiger partial charge in [0.1, 0.15) is 5.57 Å². The van der Waals surface area contributed by atoms with Gasteiger partial charge in [-0.15, -0.1) is 5.73 Å². The molecule has 0 spiro atoms. The highest BCUT2D eigenvalue weighted by Crippen LogP contribution is 2.03. The lowest BCUT2D eigenvalue weighted by atomic mass is 10.0. The summed E-state index contributed by atoms with van der Waals surface area (Å²) in [4.78, 5) is 14.1. The number of hydrogen-bond acceptors (Lipinski definition) is 1. The van der Waals surface area contributed by atoms with Crippen LogP contribution in [0, 0.1) is 0 Å². The summed E-state index contributed by atoms with van der Waals surface area (Å²) in [5, 5.41) is 0. The van der Waals surface area contributed by atoms with Gasteiger partial charge in [-0.3, -0.25) is 4.79 Å². The first-order chi connectivity index (χ1) is 5.38. The predicted octanol–water partition coefficient (Wildman–Crippen LogP) is -0.744. The van der Waals surface area contributed by atoms with Gasteiger partial charge in [-0.1, -0.05) is 0 Å². The summed E-state index contributed by atoms with van der Waals surface area (Å²) in [7, 11) is 0. The van der Waals surface area contributed by atoms with Crippen molar-refractivity contribution in [2.45, 2.75) is 0 Å². The minimum atomic E-state index is 0.0133. The molecule has 0 bridgehead atoms. The molecule has 2 rings (SSSR count). The molecule has 0 aromatic carbocycles. The largest absolute Gasteiger partial charge is 0.288 e. The average molecular weight is 144 g/mol. The smallest absolute Gasteiger partial charge is 0.222 e. The van der Waals surface area contributed by atoms with E-state index >= 15 is 0 Å². The van der Waals surface area contributed by atoms with Crippen molar-refractivity contribution in [2.75, 3.05) is 0 Å². The van der Waals surface area contributed by atoms with Gasteiger partial charge in [0.2, 0.25) is 11.5 Å². The SMILES string of the molecule is O=C1C=C[NH+]=C2C=CC=C=C12. The number of nitrogens with one attached hydrogen (secondary N) is 1. The molecular weight excluding hydrogens is 138 g/mol. The first-order valence-corrected chi connectivity index (χ1v) is 3.36. The molecule has 1 aliphatic heterocycles. The van der Waals surface area contributed by atoms with Crippen molar-refractivity contribution in [3.05, 3.63) is 41.8 Å². The molecule has 0 aromatic rings. The number of rotatable bonds is 0. The van der Waals surface area contributed by atoms with Gasteiger partial charge in [0, 0.05) is 6.08 Å². The first kappa shape index (κ1) is 6.08. The van der Waals surface area contributed by atoms with Gasteiger partial charge in [-0.05, 0) is 12.2 Å². The average Bonchev–Trinajstić information content (AvgIpc) is 2.06. The second-order valence-electron chi connectivity index (χ2n) is 2.30. The Balaban J connectivity index is 2.63. The van der Waals surface area contributed by atoms with Crippen LogP contribution in [0.4, 0.5) is 0 Å². The third-order valence-corrected chi connectivity index (χ3v) is 1.58. The summed E-state index contributed by atoms with van der Waals surface area (Å²) in [6.45, 7) is 0. The fraction of sp³-hybridized carbons (Fsp3) is 0. The number of allylic oxidation sites excluding steroid dienone is 4. The van der Waals surface area contributed by atoms with Crippen molar-refractivity contribution in [3.8, 4) is 0 Å². The Morgan fingerprint density at radius 2 is 2.27 bits per heavy atom. The van der Waals surface area contributed by atoms with Gasteiger partial charge in [-0.25, -0.2) is 4.99 Å². The molecule has 0 atom stereocenters. The molecule has 0 saturated carbocycles. The van der Waals surface area contributed by atoms with Gasteiger partial charge in [-0.2, -0.15) is 0 Å². The maximum absolute atomic E-state index is 11.1.